The Morgan fingerprint density at radius 3 is 2.86 bits per heavy atom. The van der Waals surface area contributed by atoms with E-state index in [0.717, 1.165) is 36.2 Å². The van der Waals surface area contributed by atoms with Gasteiger partial charge in [0.15, 0.2) is 5.82 Å². The summed E-state index contributed by atoms with van der Waals surface area (Å²) in [5.74, 6) is 0.691. The van der Waals surface area contributed by atoms with Crippen LogP contribution in [0, 0.1) is 0 Å². The lowest BCUT2D eigenvalue weighted by atomic mass is 10.1. The van der Waals surface area contributed by atoms with E-state index in [9.17, 15) is 9.90 Å². The molecule has 0 radical (unpaired) electrons. The number of hydrogen-bond donors (Lipinski definition) is 2. The molecular formula is C20H28N6O2. The minimum absolute atomic E-state index is 0.0218. The number of nitrogens with zero attached hydrogens (tertiary/aromatic N) is 5. The number of unbranched alkanes of at least 4 members (excludes halogenated alkanes) is 1. The summed E-state index contributed by atoms with van der Waals surface area (Å²) in [6, 6.07) is 3.68. The summed E-state index contributed by atoms with van der Waals surface area (Å²) in [6.45, 7) is 3.15. The van der Waals surface area contributed by atoms with E-state index < -0.39 is 0 Å². The zero-order chi connectivity index (χ0) is 20.1. The van der Waals surface area contributed by atoms with E-state index in [1.807, 2.05) is 29.9 Å². The second-order valence-corrected chi connectivity index (χ2v) is 7.07. The number of anilines is 1. The van der Waals surface area contributed by atoms with E-state index in [1.165, 1.54) is 0 Å². The smallest absolute Gasteiger partial charge is 0.270 e. The van der Waals surface area contributed by atoms with Crippen LogP contribution >= 0.6 is 0 Å². The highest BCUT2D eigenvalue weighted by atomic mass is 16.3. The topological polar surface area (TPSA) is 110 Å². The van der Waals surface area contributed by atoms with Crippen LogP contribution in [0.3, 0.4) is 0 Å². The van der Waals surface area contributed by atoms with E-state index in [4.69, 9.17) is 10.7 Å². The number of aryl methyl sites for hydroxylation is 1. The highest BCUT2D eigenvalue weighted by Gasteiger charge is 2.27. The number of nitrogens with two attached hydrogens (primary N) is 1. The molecule has 0 spiro atoms. The number of rotatable bonds is 7. The van der Waals surface area contributed by atoms with Crippen LogP contribution in [0.2, 0.25) is 0 Å². The van der Waals surface area contributed by atoms with Crippen molar-refractivity contribution >= 4 is 23.4 Å². The molecule has 1 amide bonds. The molecule has 0 unspecified atom stereocenters. The number of aliphatic hydroxyl groups is 1. The average Bonchev–Trinajstić information content (AvgIpc) is 3.11. The first-order chi connectivity index (χ1) is 13.5. The molecule has 0 saturated heterocycles. The average molecular weight is 384 g/mol. The molecule has 3 N–H and O–H groups in total. The Labute approximate surface area is 165 Å². The maximum atomic E-state index is 12.9. The molecule has 28 heavy (non-hydrogen) atoms. The molecule has 1 aliphatic heterocycles. The number of amides is 1. The molecule has 0 bridgehead atoms. The normalized spacial score (nSPS) is 14.2. The third kappa shape index (κ3) is 4.39. The van der Waals surface area contributed by atoms with Gasteiger partial charge in [-0.2, -0.15) is 4.98 Å². The number of nitrogen functional groups attached to an aromatic ring is 1. The fraction of sp³-hybridized carbons (Fsp3) is 0.500. The van der Waals surface area contributed by atoms with Crippen molar-refractivity contribution < 1.29 is 9.90 Å². The van der Waals surface area contributed by atoms with Crippen LogP contribution in [0.5, 0.6) is 0 Å². The zero-order valence-corrected chi connectivity index (χ0v) is 16.6. The van der Waals surface area contributed by atoms with Gasteiger partial charge in [0.25, 0.3) is 5.91 Å². The van der Waals surface area contributed by atoms with Crippen molar-refractivity contribution in [2.75, 3.05) is 18.9 Å². The molecule has 8 nitrogen and oxygen atoms in total. The van der Waals surface area contributed by atoms with Gasteiger partial charge in [-0.1, -0.05) is 13.3 Å². The zero-order valence-electron chi connectivity index (χ0n) is 16.6. The summed E-state index contributed by atoms with van der Waals surface area (Å²) >= 11 is 0. The highest BCUT2D eigenvalue weighted by Crippen LogP contribution is 2.28. The molecule has 150 valence electrons. The number of aliphatic imine (C=N–C) groups is 1. The van der Waals surface area contributed by atoms with Crippen molar-refractivity contribution in [1.29, 1.82) is 0 Å². The minimum atomic E-state index is -0.0218. The van der Waals surface area contributed by atoms with E-state index in [0.29, 0.717) is 37.4 Å². The first kappa shape index (κ1) is 20.0. The van der Waals surface area contributed by atoms with Crippen LogP contribution in [0.15, 0.2) is 23.3 Å². The molecule has 0 fully saturated rings. The van der Waals surface area contributed by atoms with E-state index >= 15 is 0 Å². The van der Waals surface area contributed by atoms with Crippen LogP contribution in [0.1, 0.15) is 54.4 Å². The SMILES string of the molecule is CCCCC(CCO)=Nc1nc(N)nc2c1CN(C(=O)c1cccn1C)CC2. The molecule has 3 heterocycles. The Balaban J connectivity index is 1.92. The van der Waals surface area contributed by atoms with Gasteiger partial charge in [0.2, 0.25) is 5.95 Å². The Kier molecular flexibility index (Phi) is 6.41. The van der Waals surface area contributed by atoms with Crippen LogP contribution in [-0.2, 0) is 20.0 Å². The van der Waals surface area contributed by atoms with Gasteiger partial charge in [0, 0.05) is 50.5 Å². The molecule has 3 rings (SSSR count). The molecule has 2 aromatic heterocycles. The van der Waals surface area contributed by atoms with Gasteiger partial charge in [-0.3, -0.25) is 4.79 Å². The number of aliphatic hydroxyl groups excluding tert-OH is 1. The van der Waals surface area contributed by atoms with Gasteiger partial charge in [0.1, 0.15) is 5.69 Å². The summed E-state index contributed by atoms with van der Waals surface area (Å²) in [6.07, 6.45) is 5.84. The van der Waals surface area contributed by atoms with Crippen LogP contribution in [-0.4, -0.2) is 49.3 Å². The van der Waals surface area contributed by atoms with Gasteiger partial charge in [-0.15, -0.1) is 0 Å². The first-order valence-corrected chi connectivity index (χ1v) is 9.76. The van der Waals surface area contributed by atoms with Crippen LogP contribution in [0.25, 0.3) is 0 Å². The molecule has 0 aliphatic carbocycles. The number of carbonyl (C=O) groups is 1. The summed E-state index contributed by atoms with van der Waals surface area (Å²) in [7, 11) is 1.86. The fourth-order valence-corrected chi connectivity index (χ4v) is 3.42. The molecular weight excluding hydrogens is 356 g/mol. The Morgan fingerprint density at radius 2 is 2.18 bits per heavy atom. The van der Waals surface area contributed by atoms with E-state index in [2.05, 4.69) is 16.9 Å². The van der Waals surface area contributed by atoms with Crippen molar-refractivity contribution in [1.82, 2.24) is 19.4 Å². The second kappa shape index (κ2) is 8.97. The lowest BCUT2D eigenvalue weighted by Gasteiger charge is -2.29. The predicted molar refractivity (Wildman–Crippen MR) is 109 cm³/mol. The number of fused-ring (bicyclic) bond motifs is 1. The third-order valence-electron chi connectivity index (χ3n) is 4.99. The van der Waals surface area contributed by atoms with Crippen molar-refractivity contribution in [2.24, 2.45) is 12.0 Å². The van der Waals surface area contributed by atoms with Crippen molar-refractivity contribution in [3.05, 3.63) is 35.3 Å². The molecule has 8 heteroatoms. The number of hydrogen-bond acceptors (Lipinski definition) is 6. The molecule has 2 aromatic rings. The minimum Gasteiger partial charge on any atom is -0.396 e. The molecule has 0 aromatic carbocycles. The van der Waals surface area contributed by atoms with E-state index in [-0.39, 0.29) is 18.5 Å². The molecule has 0 saturated carbocycles. The first-order valence-electron chi connectivity index (χ1n) is 9.76. The molecule has 1 aliphatic rings. The monoisotopic (exact) mass is 384 g/mol. The maximum absolute atomic E-state index is 12.9. The predicted octanol–water partition coefficient (Wildman–Crippen LogP) is 2.24. The largest absolute Gasteiger partial charge is 0.396 e. The lowest BCUT2D eigenvalue weighted by Crippen LogP contribution is -2.37. The van der Waals surface area contributed by atoms with Crippen LogP contribution < -0.4 is 5.73 Å². The van der Waals surface area contributed by atoms with Crippen LogP contribution in [0.4, 0.5) is 11.8 Å². The Morgan fingerprint density at radius 1 is 1.36 bits per heavy atom. The second-order valence-electron chi connectivity index (χ2n) is 7.07. The summed E-state index contributed by atoms with van der Waals surface area (Å²) < 4.78 is 1.82. The number of aromatic nitrogens is 3. The summed E-state index contributed by atoms with van der Waals surface area (Å²) in [5.41, 5.74) is 9.14. The van der Waals surface area contributed by atoms with Gasteiger partial charge < -0.3 is 20.3 Å². The summed E-state index contributed by atoms with van der Waals surface area (Å²) in [4.78, 5) is 28.1. The number of carbonyl (C=O) groups excluding carboxylic acids is 1. The lowest BCUT2D eigenvalue weighted by molar-refractivity contribution is 0.0724. The fourth-order valence-electron chi connectivity index (χ4n) is 3.42. The molecule has 0 atom stereocenters. The van der Waals surface area contributed by atoms with Gasteiger partial charge >= 0.3 is 0 Å². The van der Waals surface area contributed by atoms with Gasteiger partial charge in [-0.05, 0) is 25.0 Å². The third-order valence-corrected chi connectivity index (χ3v) is 4.99. The van der Waals surface area contributed by atoms with E-state index in [1.54, 1.807) is 4.90 Å². The van der Waals surface area contributed by atoms with Crippen molar-refractivity contribution in [2.45, 2.75) is 45.6 Å². The van der Waals surface area contributed by atoms with Gasteiger partial charge in [0.05, 0.1) is 12.2 Å². The Bertz CT molecular complexity index is 874. The van der Waals surface area contributed by atoms with Crippen molar-refractivity contribution in [3.63, 3.8) is 0 Å². The van der Waals surface area contributed by atoms with Gasteiger partial charge in [-0.25, -0.2) is 9.98 Å². The summed E-state index contributed by atoms with van der Waals surface area (Å²) in [5, 5.41) is 9.36. The standard InChI is InChI=1S/C20H28N6O2/c1-3-4-6-14(9-12-27)22-18-15-13-26(11-8-16(15)23-20(21)24-18)19(28)17-7-5-10-25(17)2/h5,7,10,27H,3-4,6,8-9,11-13H2,1-2H3,(H2,21,23,24). The highest BCUT2D eigenvalue weighted by molar-refractivity contribution is 5.93. The Hall–Kier alpha value is -2.74. The quantitative estimate of drug-likeness (QED) is 0.712. The maximum Gasteiger partial charge on any atom is 0.270 e. The van der Waals surface area contributed by atoms with Crippen molar-refractivity contribution in [3.8, 4) is 0 Å².